The van der Waals surface area contributed by atoms with Gasteiger partial charge >= 0.3 is 5.97 Å². The zero-order valence-corrected chi connectivity index (χ0v) is 12.7. The number of amides is 1. The maximum Gasteiger partial charge on any atom is 0.305 e. The Morgan fingerprint density at radius 2 is 2.14 bits per heavy atom. The Bertz CT molecular complexity index is 504. The lowest BCUT2D eigenvalue weighted by Crippen LogP contribution is -2.38. The number of nitrogens with one attached hydrogen (secondary N) is 1. The number of pyridine rings is 1. The van der Waals surface area contributed by atoms with Crippen molar-refractivity contribution < 1.29 is 14.7 Å². The van der Waals surface area contributed by atoms with Crippen molar-refractivity contribution in [2.45, 2.75) is 39.7 Å². The molecule has 1 amide bonds. The lowest BCUT2D eigenvalue weighted by molar-refractivity contribution is -0.137. The maximum absolute atomic E-state index is 11.9. The first-order valence-electron chi connectivity index (χ1n) is 6.87. The molecular formula is C16H22N2O3. The summed E-state index contributed by atoms with van der Waals surface area (Å²) in [7, 11) is 0. The van der Waals surface area contributed by atoms with Crippen LogP contribution in [-0.2, 0) is 9.59 Å². The number of carboxylic acid groups (broad SMARTS) is 1. The molecule has 1 atom stereocenters. The van der Waals surface area contributed by atoms with Crippen LogP contribution in [-0.4, -0.2) is 28.0 Å². The van der Waals surface area contributed by atoms with Crippen molar-refractivity contribution in [3.05, 3.63) is 36.2 Å². The molecule has 1 rings (SSSR count). The highest BCUT2D eigenvalue weighted by Crippen LogP contribution is 2.22. The highest BCUT2D eigenvalue weighted by atomic mass is 16.4. The second-order valence-corrected chi connectivity index (χ2v) is 6.19. The number of aromatic nitrogens is 1. The molecule has 1 unspecified atom stereocenters. The van der Waals surface area contributed by atoms with Crippen molar-refractivity contribution in [2.75, 3.05) is 0 Å². The minimum absolute atomic E-state index is 0.0551. The van der Waals surface area contributed by atoms with Gasteiger partial charge in [-0.1, -0.05) is 26.8 Å². The SMILES string of the molecule is CC(C)(C)CC(CC(=O)O)NC(=O)/C=C/c1cccnc1. The summed E-state index contributed by atoms with van der Waals surface area (Å²) in [5, 5.41) is 11.7. The minimum atomic E-state index is -0.916. The molecular weight excluding hydrogens is 268 g/mol. The monoisotopic (exact) mass is 290 g/mol. The molecule has 0 aliphatic heterocycles. The van der Waals surface area contributed by atoms with E-state index >= 15 is 0 Å². The van der Waals surface area contributed by atoms with Crippen LogP contribution in [0.4, 0.5) is 0 Å². The minimum Gasteiger partial charge on any atom is -0.481 e. The molecule has 0 aliphatic carbocycles. The molecule has 1 heterocycles. The Kier molecular flexibility index (Phi) is 6.09. The molecule has 5 nitrogen and oxygen atoms in total. The average molecular weight is 290 g/mol. The smallest absolute Gasteiger partial charge is 0.305 e. The second-order valence-electron chi connectivity index (χ2n) is 6.19. The molecule has 5 heteroatoms. The summed E-state index contributed by atoms with van der Waals surface area (Å²) in [4.78, 5) is 26.7. The fourth-order valence-corrected chi connectivity index (χ4v) is 2.02. The molecule has 114 valence electrons. The molecule has 21 heavy (non-hydrogen) atoms. The van der Waals surface area contributed by atoms with Gasteiger partial charge in [-0.25, -0.2) is 0 Å². The molecule has 0 aromatic carbocycles. The lowest BCUT2D eigenvalue weighted by Gasteiger charge is -2.25. The van der Waals surface area contributed by atoms with Gasteiger partial charge in [-0.05, 0) is 29.5 Å². The third-order valence-electron chi connectivity index (χ3n) is 2.74. The molecule has 0 bridgehead atoms. The Morgan fingerprint density at radius 3 is 2.67 bits per heavy atom. The fourth-order valence-electron chi connectivity index (χ4n) is 2.02. The van der Waals surface area contributed by atoms with E-state index in [9.17, 15) is 9.59 Å². The number of carbonyl (C=O) groups is 2. The third-order valence-corrected chi connectivity index (χ3v) is 2.74. The van der Waals surface area contributed by atoms with E-state index in [0.29, 0.717) is 6.42 Å². The topological polar surface area (TPSA) is 79.3 Å². The first-order chi connectivity index (χ1) is 9.76. The molecule has 0 saturated carbocycles. The highest BCUT2D eigenvalue weighted by molar-refractivity contribution is 5.92. The van der Waals surface area contributed by atoms with Crippen molar-refractivity contribution in [3.63, 3.8) is 0 Å². The van der Waals surface area contributed by atoms with Crippen LogP contribution in [0.25, 0.3) is 6.08 Å². The van der Waals surface area contributed by atoms with E-state index in [1.807, 2.05) is 26.8 Å². The predicted octanol–water partition coefficient (Wildman–Crippen LogP) is 2.49. The van der Waals surface area contributed by atoms with Crippen molar-refractivity contribution in [1.82, 2.24) is 10.3 Å². The van der Waals surface area contributed by atoms with E-state index in [-0.39, 0.29) is 23.8 Å². The Balaban J connectivity index is 2.63. The molecule has 1 aromatic heterocycles. The molecule has 1 aromatic rings. The zero-order valence-electron chi connectivity index (χ0n) is 12.7. The Labute approximate surface area is 125 Å². The summed E-state index contributed by atoms with van der Waals surface area (Å²) < 4.78 is 0. The normalized spacial score (nSPS) is 13.1. The quantitative estimate of drug-likeness (QED) is 0.789. The molecule has 0 aliphatic rings. The van der Waals surface area contributed by atoms with Crippen molar-refractivity contribution in [2.24, 2.45) is 5.41 Å². The van der Waals surface area contributed by atoms with Crippen LogP contribution in [0.1, 0.15) is 39.2 Å². The third kappa shape index (κ3) is 7.87. The summed E-state index contributed by atoms with van der Waals surface area (Å²) in [6.45, 7) is 6.04. The van der Waals surface area contributed by atoms with E-state index in [1.54, 1.807) is 24.5 Å². The molecule has 0 saturated heterocycles. The van der Waals surface area contributed by atoms with E-state index in [0.717, 1.165) is 5.56 Å². The van der Waals surface area contributed by atoms with Gasteiger partial charge in [0.05, 0.1) is 6.42 Å². The first-order valence-corrected chi connectivity index (χ1v) is 6.87. The van der Waals surface area contributed by atoms with Crippen molar-refractivity contribution in [1.29, 1.82) is 0 Å². The summed E-state index contributed by atoms with van der Waals surface area (Å²) in [6, 6.07) is 3.24. The summed E-state index contributed by atoms with van der Waals surface area (Å²) >= 11 is 0. The van der Waals surface area contributed by atoms with Gasteiger partial charge in [-0.15, -0.1) is 0 Å². The Morgan fingerprint density at radius 1 is 1.43 bits per heavy atom. The average Bonchev–Trinajstić information content (AvgIpc) is 2.34. The van der Waals surface area contributed by atoms with E-state index in [2.05, 4.69) is 10.3 Å². The van der Waals surface area contributed by atoms with Crippen molar-refractivity contribution in [3.8, 4) is 0 Å². The summed E-state index contributed by atoms with van der Waals surface area (Å²) in [5.41, 5.74) is 0.763. The molecule has 0 fully saturated rings. The number of hydrogen-bond donors (Lipinski definition) is 2. The van der Waals surface area contributed by atoms with Gasteiger partial charge in [-0.3, -0.25) is 14.6 Å². The molecule has 0 radical (unpaired) electrons. The number of hydrogen-bond acceptors (Lipinski definition) is 3. The van der Waals surface area contributed by atoms with E-state index in [4.69, 9.17) is 5.11 Å². The predicted molar refractivity (Wildman–Crippen MR) is 81.5 cm³/mol. The number of carboxylic acids is 1. The first kappa shape index (κ1) is 16.9. The van der Waals surface area contributed by atoms with Crippen LogP contribution in [0.2, 0.25) is 0 Å². The maximum atomic E-state index is 11.9. The van der Waals surface area contributed by atoms with Gasteiger partial charge in [-0.2, -0.15) is 0 Å². The fraction of sp³-hybridized carbons (Fsp3) is 0.438. The highest BCUT2D eigenvalue weighted by Gasteiger charge is 2.22. The Hall–Kier alpha value is -2.17. The summed E-state index contributed by atoms with van der Waals surface area (Å²) in [6.07, 6.45) is 6.87. The van der Waals surface area contributed by atoms with Crippen LogP contribution < -0.4 is 5.32 Å². The number of rotatable bonds is 6. The van der Waals surface area contributed by atoms with E-state index in [1.165, 1.54) is 6.08 Å². The van der Waals surface area contributed by atoms with Crippen LogP contribution in [0, 0.1) is 5.41 Å². The van der Waals surface area contributed by atoms with Crippen molar-refractivity contribution >= 4 is 18.0 Å². The van der Waals surface area contributed by atoms with Gasteiger partial charge in [0.1, 0.15) is 0 Å². The van der Waals surface area contributed by atoms with Crippen LogP contribution in [0.15, 0.2) is 30.6 Å². The van der Waals surface area contributed by atoms with Crippen LogP contribution in [0.3, 0.4) is 0 Å². The second kappa shape index (κ2) is 7.57. The van der Waals surface area contributed by atoms with E-state index < -0.39 is 5.97 Å². The number of nitrogens with zero attached hydrogens (tertiary/aromatic N) is 1. The molecule has 2 N–H and O–H groups in total. The number of aliphatic carboxylic acids is 1. The molecule has 0 spiro atoms. The van der Waals surface area contributed by atoms with Gasteiger partial charge in [0.15, 0.2) is 0 Å². The largest absolute Gasteiger partial charge is 0.481 e. The number of carbonyl (C=O) groups excluding carboxylic acids is 1. The van der Waals surface area contributed by atoms with Gasteiger partial charge in [0.25, 0.3) is 0 Å². The zero-order chi connectivity index (χ0) is 15.9. The van der Waals surface area contributed by atoms with Gasteiger partial charge in [0, 0.05) is 24.5 Å². The van der Waals surface area contributed by atoms with Gasteiger partial charge < -0.3 is 10.4 Å². The van der Waals surface area contributed by atoms with Gasteiger partial charge in [0.2, 0.25) is 5.91 Å². The van der Waals surface area contributed by atoms with Crippen LogP contribution in [0.5, 0.6) is 0 Å². The summed E-state index contributed by atoms with van der Waals surface area (Å²) in [5.74, 6) is -1.21. The lowest BCUT2D eigenvalue weighted by atomic mass is 9.87. The van der Waals surface area contributed by atoms with Crippen LogP contribution >= 0.6 is 0 Å². The standard InChI is InChI=1S/C16H22N2O3/c1-16(2,3)10-13(9-15(20)21)18-14(19)7-6-12-5-4-8-17-11-12/h4-8,11,13H,9-10H2,1-3H3,(H,18,19)(H,20,21)/b7-6+.